The van der Waals surface area contributed by atoms with Crippen LogP contribution in [0.5, 0.6) is 0 Å². The largest absolute Gasteiger partial charge is 0.461 e. The van der Waals surface area contributed by atoms with E-state index in [1.807, 2.05) is 19.1 Å². The number of hydrogen-bond acceptors (Lipinski definition) is 6. The van der Waals surface area contributed by atoms with Crippen LogP contribution in [-0.2, 0) is 4.74 Å². The lowest BCUT2D eigenvalue weighted by Crippen LogP contribution is -2.28. The average molecular weight is 299 g/mol. The van der Waals surface area contributed by atoms with E-state index in [1.165, 1.54) is 10.7 Å². The summed E-state index contributed by atoms with van der Waals surface area (Å²) in [4.78, 5) is 28.1. The molecular weight excluding hydrogens is 286 g/mol. The van der Waals surface area contributed by atoms with E-state index in [-0.39, 0.29) is 17.9 Å². The van der Waals surface area contributed by atoms with Crippen molar-refractivity contribution in [2.24, 2.45) is 0 Å². The van der Waals surface area contributed by atoms with E-state index < -0.39 is 11.7 Å². The van der Waals surface area contributed by atoms with Crippen LogP contribution in [0.25, 0.3) is 11.3 Å². The predicted molar refractivity (Wildman–Crippen MR) is 77.1 cm³/mol. The molecular formula is C14H13N5O3. The highest BCUT2D eigenvalue weighted by Gasteiger charge is 2.18. The Hall–Kier alpha value is -3.03. The van der Waals surface area contributed by atoms with Gasteiger partial charge in [0, 0.05) is 0 Å². The van der Waals surface area contributed by atoms with E-state index in [0.717, 1.165) is 10.2 Å². The van der Waals surface area contributed by atoms with Gasteiger partial charge in [-0.15, -0.1) is 5.10 Å². The van der Waals surface area contributed by atoms with Gasteiger partial charge < -0.3 is 4.74 Å². The van der Waals surface area contributed by atoms with Gasteiger partial charge in [0.2, 0.25) is 0 Å². The van der Waals surface area contributed by atoms with Gasteiger partial charge in [0.05, 0.1) is 12.3 Å². The van der Waals surface area contributed by atoms with Gasteiger partial charge in [-0.05, 0) is 26.0 Å². The molecule has 0 spiro atoms. The van der Waals surface area contributed by atoms with Crippen LogP contribution >= 0.6 is 0 Å². The Morgan fingerprint density at radius 3 is 2.68 bits per heavy atom. The first-order valence-corrected chi connectivity index (χ1v) is 6.69. The third-order valence-corrected chi connectivity index (χ3v) is 3.11. The van der Waals surface area contributed by atoms with E-state index in [1.54, 1.807) is 19.1 Å². The van der Waals surface area contributed by atoms with Gasteiger partial charge in [-0.3, -0.25) is 0 Å². The first-order chi connectivity index (χ1) is 10.6. The van der Waals surface area contributed by atoms with Gasteiger partial charge in [0.1, 0.15) is 6.33 Å². The van der Waals surface area contributed by atoms with Crippen LogP contribution in [0.1, 0.15) is 23.0 Å². The van der Waals surface area contributed by atoms with Gasteiger partial charge in [-0.2, -0.15) is 4.68 Å². The maximum Gasteiger partial charge on any atom is 0.360 e. The molecule has 0 aliphatic carbocycles. The van der Waals surface area contributed by atoms with Gasteiger partial charge >= 0.3 is 11.7 Å². The summed E-state index contributed by atoms with van der Waals surface area (Å²) >= 11 is 0. The number of benzene rings is 1. The number of carbonyl (C=O) groups is 1. The molecule has 0 fully saturated rings. The van der Waals surface area contributed by atoms with Gasteiger partial charge in [-0.25, -0.2) is 19.0 Å². The van der Waals surface area contributed by atoms with E-state index in [9.17, 15) is 9.59 Å². The second kappa shape index (κ2) is 5.40. The molecule has 112 valence electrons. The van der Waals surface area contributed by atoms with Crippen LogP contribution in [0.15, 0.2) is 35.4 Å². The summed E-state index contributed by atoms with van der Waals surface area (Å²) in [5, 5.41) is 7.78. The maximum atomic E-state index is 12.4. The third kappa shape index (κ3) is 2.24. The number of ether oxygens (including phenoxy) is 1. The molecule has 0 aliphatic rings. The van der Waals surface area contributed by atoms with Crippen molar-refractivity contribution in [2.45, 2.75) is 13.8 Å². The summed E-state index contributed by atoms with van der Waals surface area (Å²) < 4.78 is 7.18. The quantitative estimate of drug-likeness (QED) is 0.663. The van der Waals surface area contributed by atoms with Crippen molar-refractivity contribution in [1.82, 2.24) is 24.4 Å². The summed E-state index contributed by atoms with van der Waals surface area (Å²) in [7, 11) is 0. The van der Waals surface area contributed by atoms with Crippen molar-refractivity contribution in [1.29, 1.82) is 0 Å². The molecule has 8 nitrogen and oxygen atoms in total. The third-order valence-electron chi connectivity index (χ3n) is 3.11. The Bertz CT molecular complexity index is 895. The fraction of sp³-hybridized carbons (Fsp3) is 0.214. The lowest BCUT2D eigenvalue weighted by atomic mass is 10.2. The number of esters is 1. The Morgan fingerprint density at radius 1 is 1.27 bits per heavy atom. The first kappa shape index (κ1) is 13.9. The Balaban J connectivity index is 2.13. The number of aryl methyl sites for hydroxylation is 1. The minimum Gasteiger partial charge on any atom is -0.461 e. The molecule has 3 rings (SSSR count). The molecule has 1 aromatic carbocycles. The SMILES string of the molecule is CCOC(=O)c1ncn2c(=O)n(-c3ccc(C)cc3)nnc12. The summed E-state index contributed by atoms with van der Waals surface area (Å²) in [6.45, 7) is 3.85. The van der Waals surface area contributed by atoms with Crippen molar-refractivity contribution in [3.05, 3.63) is 52.3 Å². The van der Waals surface area contributed by atoms with Crippen molar-refractivity contribution >= 4 is 11.6 Å². The molecule has 8 heteroatoms. The number of nitrogens with zero attached hydrogens (tertiary/aromatic N) is 5. The molecule has 3 aromatic rings. The highest BCUT2D eigenvalue weighted by atomic mass is 16.5. The van der Waals surface area contributed by atoms with Gasteiger partial charge in [0.15, 0.2) is 11.3 Å². The van der Waals surface area contributed by atoms with Crippen LogP contribution in [0.3, 0.4) is 0 Å². The highest BCUT2D eigenvalue weighted by Crippen LogP contribution is 2.08. The van der Waals surface area contributed by atoms with Crippen molar-refractivity contribution < 1.29 is 9.53 Å². The minimum absolute atomic E-state index is 0.0255. The van der Waals surface area contributed by atoms with E-state index in [0.29, 0.717) is 5.69 Å². The molecule has 0 amide bonds. The standard InChI is InChI=1S/C14H13N5O3/c1-3-22-13(20)11-12-16-17-19(14(21)18(12)8-15-11)10-6-4-9(2)5-7-10/h4-8H,3H2,1-2H3. The number of imidazole rings is 1. The van der Waals surface area contributed by atoms with Crippen LogP contribution in [0.4, 0.5) is 0 Å². The molecule has 0 saturated heterocycles. The van der Waals surface area contributed by atoms with Crippen molar-refractivity contribution in [3.63, 3.8) is 0 Å². The topological polar surface area (TPSA) is 91.4 Å². The molecule has 0 radical (unpaired) electrons. The molecule has 22 heavy (non-hydrogen) atoms. The predicted octanol–water partition coefficient (Wildman–Crippen LogP) is 0.760. The van der Waals surface area contributed by atoms with Crippen LogP contribution < -0.4 is 5.69 Å². The molecule has 2 heterocycles. The normalized spacial score (nSPS) is 10.8. The van der Waals surface area contributed by atoms with E-state index in [4.69, 9.17) is 4.74 Å². The lowest BCUT2D eigenvalue weighted by molar-refractivity contribution is 0.0522. The Labute approximate surface area is 125 Å². The summed E-state index contributed by atoms with van der Waals surface area (Å²) in [6.07, 6.45) is 1.24. The monoisotopic (exact) mass is 299 g/mol. The van der Waals surface area contributed by atoms with Crippen molar-refractivity contribution in [2.75, 3.05) is 6.61 Å². The van der Waals surface area contributed by atoms with E-state index >= 15 is 0 Å². The van der Waals surface area contributed by atoms with Gasteiger partial charge in [0.25, 0.3) is 0 Å². The Kier molecular flexibility index (Phi) is 3.42. The fourth-order valence-electron chi connectivity index (χ4n) is 2.00. The van der Waals surface area contributed by atoms with E-state index in [2.05, 4.69) is 15.3 Å². The number of aromatic nitrogens is 5. The van der Waals surface area contributed by atoms with Crippen LogP contribution in [-0.4, -0.2) is 37.0 Å². The average Bonchev–Trinajstić information content (AvgIpc) is 2.94. The second-order valence-corrected chi connectivity index (χ2v) is 4.63. The van der Waals surface area contributed by atoms with Crippen molar-refractivity contribution in [3.8, 4) is 5.69 Å². The maximum absolute atomic E-state index is 12.4. The highest BCUT2D eigenvalue weighted by molar-refractivity contribution is 5.93. The van der Waals surface area contributed by atoms with Crippen LogP contribution in [0, 0.1) is 6.92 Å². The first-order valence-electron chi connectivity index (χ1n) is 6.69. The number of rotatable bonds is 3. The number of carbonyl (C=O) groups excluding carboxylic acids is 1. The summed E-state index contributed by atoms with van der Waals surface area (Å²) in [6, 6.07) is 7.26. The lowest BCUT2D eigenvalue weighted by Gasteiger charge is -2.04. The zero-order valence-corrected chi connectivity index (χ0v) is 12.1. The number of hydrogen-bond donors (Lipinski definition) is 0. The molecule has 0 atom stereocenters. The van der Waals surface area contributed by atoms with Crippen LogP contribution in [0.2, 0.25) is 0 Å². The molecule has 0 aliphatic heterocycles. The summed E-state index contributed by atoms with van der Waals surface area (Å²) in [5.41, 5.74) is 1.24. The Morgan fingerprint density at radius 2 is 2.00 bits per heavy atom. The molecule has 0 N–H and O–H groups in total. The molecule has 0 bridgehead atoms. The molecule has 2 aromatic heterocycles. The molecule has 0 unspecified atom stereocenters. The second-order valence-electron chi connectivity index (χ2n) is 4.63. The fourth-order valence-corrected chi connectivity index (χ4v) is 2.00. The molecule has 0 saturated carbocycles. The zero-order chi connectivity index (χ0) is 15.7. The van der Waals surface area contributed by atoms with Gasteiger partial charge in [-0.1, -0.05) is 22.9 Å². The summed E-state index contributed by atoms with van der Waals surface area (Å²) in [5.74, 6) is -0.633. The zero-order valence-electron chi connectivity index (χ0n) is 12.1. The number of fused-ring (bicyclic) bond motifs is 1. The minimum atomic E-state index is -0.633. The smallest absolute Gasteiger partial charge is 0.360 e.